The Hall–Kier alpha value is 0.412. The van der Waals surface area contributed by atoms with E-state index in [9.17, 15) is 0 Å². The predicted molar refractivity (Wildman–Crippen MR) is 75.8 cm³/mol. The van der Waals surface area contributed by atoms with Gasteiger partial charge in [-0.25, -0.2) is 0 Å². The molecule has 96 valence electrons. The quantitative estimate of drug-likeness (QED) is 0.563. The molecule has 0 saturated heterocycles. The van der Waals surface area contributed by atoms with Crippen molar-refractivity contribution < 1.29 is 0 Å². The minimum Gasteiger partial charge on any atom is -0.311 e. The highest BCUT2D eigenvalue weighted by Crippen LogP contribution is 2.07. The first-order valence-corrected chi connectivity index (χ1v) is 8.81. The Labute approximate surface area is 107 Å². The molecule has 0 rings (SSSR count). The molecule has 0 saturated carbocycles. The highest BCUT2D eigenvalue weighted by molar-refractivity contribution is 6.59. The normalized spacial score (nSPS) is 11.8. The average Bonchev–Trinajstić information content (AvgIpc) is 2.15. The molecule has 0 heterocycles. The van der Waals surface area contributed by atoms with Crippen LogP contribution in [0.2, 0.25) is 15.8 Å². The highest BCUT2D eigenvalue weighted by Gasteiger charge is 2.17. The largest absolute Gasteiger partial charge is 0.311 e. The van der Waals surface area contributed by atoms with Crippen molar-refractivity contribution in [3.63, 3.8) is 0 Å². The number of nitrogens with zero attached hydrogens (tertiary/aromatic N) is 3. The Kier molecular flexibility index (Phi) is 9.69. The Morgan fingerprint density at radius 1 is 0.562 bits per heavy atom. The molecule has 0 N–H and O–H groups in total. The van der Waals surface area contributed by atoms with Crippen LogP contribution in [0.5, 0.6) is 0 Å². The van der Waals surface area contributed by atoms with Crippen molar-refractivity contribution >= 4 is 14.1 Å². The van der Waals surface area contributed by atoms with E-state index >= 15 is 0 Å². The van der Waals surface area contributed by atoms with Crippen molar-refractivity contribution in [1.82, 2.24) is 14.7 Å². The van der Waals surface area contributed by atoms with Crippen molar-refractivity contribution in [3.8, 4) is 0 Å². The molecule has 0 aromatic rings. The van der Waals surface area contributed by atoms with Crippen LogP contribution >= 0.6 is 0 Å². The first kappa shape index (κ1) is 16.4. The van der Waals surface area contributed by atoms with Crippen LogP contribution in [0.3, 0.4) is 0 Å². The van der Waals surface area contributed by atoms with Crippen molar-refractivity contribution in [1.29, 1.82) is 0 Å². The smallest absolute Gasteiger partial charge is 0.266 e. The third kappa shape index (κ3) is 10.9. The number of hydrogen-bond donors (Lipinski definition) is 0. The molecule has 0 fully saturated rings. The van der Waals surface area contributed by atoms with Gasteiger partial charge in [0.05, 0.1) is 0 Å². The fourth-order valence-corrected chi connectivity index (χ4v) is 5.27. The van der Waals surface area contributed by atoms with Gasteiger partial charge in [0, 0.05) is 0 Å². The minimum absolute atomic E-state index is 0.527. The van der Waals surface area contributed by atoms with Gasteiger partial charge in [-0.1, -0.05) is 15.8 Å². The average molecular weight is 243 g/mol. The van der Waals surface area contributed by atoms with Gasteiger partial charge in [0.15, 0.2) is 0 Å². The van der Waals surface area contributed by atoms with Gasteiger partial charge >= 0.3 is 0 Å². The molecule has 0 aliphatic heterocycles. The molecule has 0 aromatic carbocycles. The Morgan fingerprint density at radius 3 is 1.00 bits per heavy atom. The molecule has 16 heavy (non-hydrogen) atoms. The molecule has 0 spiro atoms. The van der Waals surface area contributed by atoms with Gasteiger partial charge in [-0.3, -0.25) is 0 Å². The molecule has 3 nitrogen and oxygen atoms in total. The first-order valence-electron chi connectivity index (χ1n) is 6.36. The van der Waals surface area contributed by atoms with Crippen molar-refractivity contribution in [2.45, 2.75) is 15.8 Å². The molecule has 4 heteroatoms. The number of rotatable bonds is 9. The summed E-state index contributed by atoms with van der Waals surface area (Å²) in [5.41, 5.74) is 0. The maximum Gasteiger partial charge on any atom is 0.266 e. The standard InChI is InChI=1S/3C4H10N.Al/c3*1-4-5(2)3;/h3*1,4H2,2-3H3;. The maximum absolute atomic E-state index is 2.32. The summed E-state index contributed by atoms with van der Waals surface area (Å²) >= 11 is -0.527. The summed E-state index contributed by atoms with van der Waals surface area (Å²) in [6.45, 7) is 3.83. The molecular weight excluding hydrogens is 213 g/mol. The van der Waals surface area contributed by atoms with E-state index in [0.717, 1.165) is 0 Å². The summed E-state index contributed by atoms with van der Waals surface area (Å²) in [6.07, 6.45) is 0. The van der Waals surface area contributed by atoms with Crippen molar-refractivity contribution in [2.24, 2.45) is 0 Å². The van der Waals surface area contributed by atoms with E-state index in [2.05, 4.69) is 57.0 Å². The lowest BCUT2D eigenvalue weighted by Crippen LogP contribution is -2.28. The summed E-state index contributed by atoms with van der Waals surface area (Å²) in [5.74, 6) is 0. The van der Waals surface area contributed by atoms with Crippen LogP contribution in [-0.2, 0) is 0 Å². The zero-order valence-electron chi connectivity index (χ0n) is 12.2. The molecule has 0 bridgehead atoms. The summed E-state index contributed by atoms with van der Waals surface area (Å²) in [6, 6.07) is 0. The zero-order valence-corrected chi connectivity index (χ0v) is 13.3. The summed E-state index contributed by atoms with van der Waals surface area (Å²) in [5, 5.41) is 4.40. The monoisotopic (exact) mass is 243 g/mol. The van der Waals surface area contributed by atoms with Crippen LogP contribution in [0.4, 0.5) is 0 Å². The minimum atomic E-state index is -0.527. The summed E-state index contributed by atoms with van der Waals surface area (Å²) in [7, 11) is 13.1. The molecule has 0 aliphatic carbocycles. The molecule has 0 aromatic heterocycles. The third-order valence-corrected chi connectivity index (χ3v) is 6.18. The fourth-order valence-electron chi connectivity index (χ4n) is 1.76. The lowest BCUT2D eigenvalue weighted by Gasteiger charge is -2.19. The van der Waals surface area contributed by atoms with Gasteiger partial charge in [-0.05, 0) is 61.9 Å². The summed E-state index contributed by atoms with van der Waals surface area (Å²) < 4.78 is 0. The van der Waals surface area contributed by atoms with Crippen LogP contribution in [0.1, 0.15) is 0 Å². The highest BCUT2D eigenvalue weighted by atomic mass is 27.2. The van der Waals surface area contributed by atoms with Crippen molar-refractivity contribution in [3.05, 3.63) is 0 Å². The molecular formula is C12H30AlN3. The van der Waals surface area contributed by atoms with Gasteiger partial charge in [0.1, 0.15) is 0 Å². The van der Waals surface area contributed by atoms with Gasteiger partial charge in [0.25, 0.3) is 14.1 Å². The molecule has 0 atom stereocenters. The zero-order chi connectivity index (χ0) is 12.6. The lowest BCUT2D eigenvalue weighted by atomic mass is 10.6. The molecule has 0 unspecified atom stereocenters. The fraction of sp³-hybridized carbons (Fsp3) is 1.00. The SMILES string of the molecule is CN(C)C[CH2][Al]([CH2]CN(C)C)[CH2]CN(C)C. The lowest BCUT2D eigenvalue weighted by molar-refractivity contribution is 0.415. The Balaban J connectivity index is 3.85. The van der Waals surface area contributed by atoms with Gasteiger partial charge < -0.3 is 14.7 Å². The van der Waals surface area contributed by atoms with Gasteiger partial charge in [-0.15, -0.1) is 0 Å². The van der Waals surface area contributed by atoms with E-state index in [4.69, 9.17) is 0 Å². The Morgan fingerprint density at radius 2 is 0.812 bits per heavy atom. The molecule has 0 amide bonds. The van der Waals surface area contributed by atoms with Crippen LogP contribution in [-0.4, -0.2) is 90.8 Å². The second-order valence-electron chi connectivity index (χ2n) is 5.64. The van der Waals surface area contributed by atoms with Crippen LogP contribution in [0, 0.1) is 0 Å². The van der Waals surface area contributed by atoms with Gasteiger partial charge in [-0.2, -0.15) is 0 Å². The van der Waals surface area contributed by atoms with Crippen LogP contribution < -0.4 is 0 Å². The van der Waals surface area contributed by atoms with Crippen LogP contribution in [0.15, 0.2) is 0 Å². The van der Waals surface area contributed by atoms with E-state index in [1.165, 1.54) is 35.5 Å². The Bertz CT molecular complexity index is 132. The maximum atomic E-state index is 2.32. The number of hydrogen-bond acceptors (Lipinski definition) is 3. The van der Waals surface area contributed by atoms with E-state index < -0.39 is 14.1 Å². The topological polar surface area (TPSA) is 9.72 Å². The second kappa shape index (κ2) is 9.44. The van der Waals surface area contributed by atoms with Crippen LogP contribution in [0.25, 0.3) is 0 Å². The van der Waals surface area contributed by atoms with E-state index in [-0.39, 0.29) is 0 Å². The van der Waals surface area contributed by atoms with E-state index in [0.29, 0.717) is 0 Å². The summed E-state index contributed by atoms with van der Waals surface area (Å²) in [4.78, 5) is 6.97. The van der Waals surface area contributed by atoms with Crippen molar-refractivity contribution in [2.75, 3.05) is 61.9 Å². The van der Waals surface area contributed by atoms with Gasteiger partial charge in [0.2, 0.25) is 0 Å². The molecule has 0 radical (unpaired) electrons. The molecule has 0 aliphatic rings. The predicted octanol–water partition coefficient (Wildman–Crippen LogP) is 1.17. The second-order valence-corrected chi connectivity index (χ2v) is 9.11. The first-order chi connectivity index (χ1) is 7.41. The van der Waals surface area contributed by atoms with E-state index in [1.807, 2.05) is 0 Å². The third-order valence-electron chi connectivity index (χ3n) is 2.95. The van der Waals surface area contributed by atoms with E-state index in [1.54, 1.807) is 0 Å².